The van der Waals surface area contributed by atoms with E-state index in [-0.39, 0.29) is 12.3 Å². The van der Waals surface area contributed by atoms with Crippen molar-refractivity contribution in [3.63, 3.8) is 0 Å². The Labute approximate surface area is 182 Å². The first-order chi connectivity index (χ1) is 14.2. The molecule has 1 aliphatic rings. The first-order valence-electron chi connectivity index (χ1n) is 10.9. The van der Waals surface area contributed by atoms with Crippen molar-refractivity contribution in [1.82, 2.24) is 4.81 Å². The van der Waals surface area contributed by atoms with Crippen LogP contribution in [0.25, 0.3) is 11.8 Å². The molecule has 2 heteroatoms. The van der Waals surface area contributed by atoms with Crippen LogP contribution in [0.3, 0.4) is 0 Å². The molecule has 4 rings (SSSR count). The molecule has 1 aliphatic heterocycles. The highest BCUT2D eigenvalue weighted by Gasteiger charge is 2.34. The summed E-state index contributed by atoms with van der Waals surface area (Å²) in [5.41, 5.74) is 12.3. The van der Waals surface area contributed by atoms with Crippen LogP contribution in [0.4, 0.5) is 0 Å². The minimum absolute atomic E-state index is 0.163. The fraction of sp³-hybridized carbons (Fsp3) is 0.286. The second kappa shape index (κ2) is 7.50. The summed E-state index contributed by atoms with van der Waals surface area (Å²) in [6, 6.07) is 22.6. The first-order valence-corrected chi connectivity index (χ1v) is 10.9. The molecule has 3 aromatic rings. The highest BCUT2D eigenvalue weighted by Crippen LogP contribution is 2.29. The van der Waals surface area contributed by atoms with Crippen molar-refractivity contribution < 1.29 is 0 Å². The first kappa shape index (κ1) is 20.5. The molecule has 30 heavy (non-hydrogen) atoms. The average Bonchev–Trinajstić information content (AvgIpc) is 2.68. The van der Waals surface area contributed by atoms with E-state index in [9.17, 15) is 0 Å². The summed E-state index contributed by atoms with van der Waals surface area (Å²) in [7, 11) is 2.24. The van der Waals surface area contributed by atoms with Gasteiger partial charge >= 0.3 is 6.85 Å². The summed E-state index contributed by atoms with van der Waals surface area (Å²) in [6.07, 6.45) is 2.34. The standard InChI is InChI=1S/C28H32BN/c1-19-16-20(2)27(21(3)17-19)29-25-11-9-8-10-23(25)18-26(30(29)7)22-12-14-24(15-13-22)28(4,5)6/h8-18H,1-7H3. The van der Waals surface area contributed by atoms with Crippen LogP contribution >= 0.6 is 0 Å². The van der Waals surface area contributed by atoms with Gasteiger partial charge in [0.25, 0.3) is 0 Å². The number of rotatable bonds is 2. The highest BCUT2D eigenvalue weighted by molar-refractivity contribution is 6.85. The molecule has 0 unspecified atom stereocenters. The van der Waals surface area contributed by atoms with Gasteiger partial charge in [-0.05, 0) is 66.9 Å². The number of hydrogen-bond acceptors (Lipinski definition) is 1. The Bertz CT molecular complexity index is 1090. The molecule has 0 fully saturated rings. The highest BCUT2D eigenvalue weighted by atomic mass is 15.0. The predicted molar refractivity (Wildman–Crippen MR) is 133 cm³/mol. The van der Waals surface area contributed by atoms with Crippen LogP contribution in [0, 0.1) is 20.8 Å². The van der Waals surface area contributed by atoms with E-state index in [4.69, 9.17) is 0 Å². The van der Waals surface area contributed by atoms with Gasteiger partial charge < -0.3 is 4.81 Å². The number of nitrogens with zero attached hydrogens (tertiary/aromatic N) is 1. The molecule has 0 bridgehead atoms. The summed E-state index contributed by atoms with van der Waals surface area (Å²) in [6.45, 7) is 13.7. The molecule has 0 atom stereocenters. The molecule has 152 valence electrons. The second-order valence-electron chi connectivity index (χ2n) is 9.81. The van der Waals surface area contributed by atoms with Gasteiger partial charge in [0.05, 0.1) is 0 Å². The van der Waals surface area contributed by atoms with Crippen LogP contribution in [0.2, 0.25) is 0 Å². The minimum Gasteiger partial charge on any atom is -0.409 e. The Morgan fingerprint density at radius 3 is 2.00 bits per heavy atom. The summed E-state index contributed by atoms with van der Waals surface area (Å²) >= 11 is 0. The Balaban J connectivity index is 1.87. The normalized spacial score (nSPS) is 13.9. The van der Waals surface area contributed by atoms with E-state index in [0.717, 1.165) is 0 Å². The third-order valence-electron chi connectivity index (χ3n) is 6.41. The fourth-order valence-electron chi connectivity index (χ4n) is 4.89. The lowest BCUT2D eigenvalue weighted by molar-refractivity contribution is 0.590. The molecule has 0 aromatic heterocycles. The molecule has 1 heterocycles. The number of hydrogen-bond donors (Lipinski definition) is 0. The zero-order valence-corrected chi connectivity index (χ0v) is 19.4. The van der Waals surface area contributed by atoms with Crippen molar-refractivity contribution in [2.45, 2.75) is 47.0 Å². The third-order valence-corrected chi connectivity index (χ3v) is 6.41. The molecule has 0 radical (unpaired) electrons. The van der Waals surface area contributed by atoms with Gasteiger partial charge in [0.1, 0.15) is 0 Å². The number of benzene rings is 3. The van der Waals surface area contributed by atoms with Crippen LogP contribution in [-0.4, -0.2) is 18.7 Å². The van der Waals surface area contributed by atoms with Gasteiger partial charge in [-0.3, -0.25) is 0 Å². The van der Waals surface area contributed by atoms with E-state index < -0.39 is 0 Å². The Morgan fingerprint density at radius 1 is 0.800 bits per heavy atom. The van der Waals surface area contributed by atoms with Crippen molar-refractivity contribution >= 4 is 29.5 Å². The molecule has 1 nitrogen and oxygen atoms in total. The van der Waals surface area contributed by atoms with E-state index in [0.29, 0.717) is 0 Å². The maximum absolute atomic E-state index is 2.46. The Hall–Kier alpha value is -2.74. The van der Waals surface area contributed by atoms with Gasteiger partial charge in [-0.25, -0.2) is 0 Å². The monoisotopic (exact) mass is 393 g/mol. The topological polar surface area (TPSA) is 3.24 Å². The van der Waals surface area contributed by atoms with Crippen LogP contribution in [0.15, 0.2) is 60.7 Å². The Morgan fingerprint density at radius 2 is 1.40 bits per heavy atom. The zero-order valence-electron chi connectivity index (χ0n) is 19.4. The van der Waals surface area contributed by atoms with E-state index >= 15 is 0 Å². The van der Waals surface area contributed by atoms with Crippen molar-refractivity contribution in [2.75, 3.05) is 7.05 Å². The van der Waals surface area contributed by atoms with Crippen LogP contribution in [0.1, 0.15) is 54.2 Å². The molecule has 0 saturated carbocycles. The van der Waals surface area contributed by atoms with E-state index in [1.165, 1.54) is 50.0 Å². The van der Waals surface area contributed by atoms with Gasteiger partial charge in [-0.2, -0.15) is 0 Å². The van der Waals surface area contributed by atoms with Crippen LogP contribution < -0.4 is 10.9 Å². The van der Waals surface area contributed by atoms with Crippen molar-refractivity contribution in [2.24, 2.45) is 0 Å². The van der Waals surface area contributed by atoms with Gasteiger partial charge in [-0.1, -0.05) is 98.1 Å². The lowest BCUT2D eigenvalue weighted by atomic mass is 9.45. The largest absolute Gasteiger partial charge is 0.409 e. The average molecular weight is 393 g/mol. The van der Waals surface area contributed by atoms with Crippen LogP contribution in [-0.2, 0) is 5.41 Å². The third kappa shape index (κ3) is 3.60. The fourth-order valence-corrected chi connectivity index (χ4v) is 4.89. The van der Waals surface area contributed by atoms with E-state index in [2.05, 4.69) is 120 Å². The molecule has 0 N–H and O–H groups in total. The summed E-state index contributed by atoms with van der Waals surface area (Å²) in [4.78, 5) is 2.46. The maximum atomic E-state index is 2.46. The van der Waals surface area contributed by atoms with E-state index in [1.807, 2.05) is 0 Å². The molecular weight excluding hydrogens is 361 g/mol. The molecular formula is C28H32BN. The van der Waals surface area contributed by atoms with E-state index in [1.54, 1.807) is 0 Å². The summed E-state index contributed by atoms with van der Waals surface area (Å²) < 4.78 is 0. The quantitative estimate of drug-likeness (QED) is 0.523. The van der Waals surface area contributed by atoms with Gasteiger partial charge in [0, 0.05) is 5.70 Å². The van der Waals surface area contributed by atoms with Crippen molar-refractivity contribution in [3.8, 4) is 0 Å². The molecule has 3 aromatic carbocycles. The number of aryl methyl sites for hydroxylation is 3. The lowest BCUT2D eigenvalue weighted by Crippen LogP contribution is -2.58. The van der Waals surface area contributed by atoms with Gasteiger partial charge in [0.15, 0.2) is 0 Å². The van der Waals surface area contributed by atoms with Crippen LogP contribution in [0.5, 0.6) is 0 Å². The minimum atomic E-state index is 0.163. The van der Waals surface area contributed by atoms with Crippen molar-refractivity contribution in [1.29, 1.82) is 0 Å². The molecule has 0 amide bonds. The lowest BCUT2D eigenvalue weighted by Gasteiger charge is -2.36. The molecule has 0 spiro atoms. The summed E-state index contributed by atoms with van der Waals surface area (Å²) in [5.74, 6) is 0. The predicted octanol–water partition coefficient (Wildman–Crippen LogP) is 5.46. The smallest absolute Gasteiger partial charge is 0.324 e. The maximum Gasteiger partial charge on any atom is 0.324 e. The van der Waals surface area contributed by atoms with Gasteiger partial charge in [-0.15, -0.1) is 0 Å². The Kier molecular flexibility index (Phi) is 5.14. The number of fused-ring (bicyclic) bond motifs is 1. The van der Waals surface area contributed by atoms with Gasteiger partial charge in [0.2, 0.25) is 0 Å². The zero-order chi connectivity index (χ0) is 21.6. The molecule has 0 aliphatic carbocycles. The van der Waals surface area contributed by atoms with Crippen molar-refractivity contribution in [3.05, 3.63) is 94.0 Å². The second-order valence-corrected chi connectivity index (χ2v) is 9.81. The SMILES string of the molecule is Cc1cc(C)c(B2c3ccccc3C=C(c3ccc(C(C)(C)C)cc3)N2C)c(C)c1. The summed E-state index contributed by atoms with van der Waals surface area (Å²) in [5, 5.41) is 0. The molecule has 0 saturated heterocycles.